The molecule has 1 aromatic heterocycles. The Morgan fingerprint density at radius 2 is 1.84 bits per heavy atom. The Kier molecular flexibility index (Phi) is 6.56. The van der Waals surface area contributed by atoms with Crippen molar-refractivity contribution >= 4 is 33.0 Å². The molecule has 7 nitrogen and oxygen atoms in total. The smallest absolute Gasteiger partial charge is 0.269 e. The van der Waals surface area contributed by atoms with Crippen molar-refractivity contribution in [2.45, 2.75) is 4.90 Å². The van der Waals surface area contributed by atoms with Crippen LogP contribution in [0.25, 0.3) is 10.4 Å². The molecule has 0 bridgehead atoms. The van der Waals surface area contributed by atoms with Gasteiger partial charge >= 0.3 is 0 Å². The molecule has 1 fully saturated rings. The molecule has 0 unspecified atom stereocenters. The summed E-state index contributed by atoms with van der Waals surface area (Å²) in [5.41, 5.74) is 1.11. The minimum absolute atomic E-state index is 0.146. The highest BCUT2D eigenvalue weighted by atomic mass is 32.2. The van der Waals surface area contributed by atoms with Crippen molar-refractivity contribution in [1.82, 2.24) is 4.31 Å². The summed E-state index contributed by atoms with van der Waals surface area (Å²) in [6.07, 6.45) is 0. The Hall–Kier alpha value is -2.79. The van der Waals surface area contributed by atoms with Crippen molar-refractivity contribution in [1.29, 1.82) is 0 Å². The summed E-state index contributed by atoms with van der Waals surface area (Å²) < 4.78 is 51.9. The maximum absolute atomic E-state index is 14.4. The molecule has 0 spiro atoms. The number of halogens is 1. The van der Waals surface area contributed by atoms with Crippen LogP contribution in [0.5, 0.6) is 5.75 Å². The summed E-state index contributed by atoms with van der Waals surface area (Å²) in [7, 11) is -2.58. The third-order valence-corrected chi connectivity index (χ3v) is 8.04. The van der Waals surface area contributed by atoms with Gasteiger partial charge < -0.3 is 14.8 Å². The van der Waals surface area contributed by atoms with Crippen LogP contribution >= 0.6 is 11.3 Å². The summed E-state index contributed by atoms with van der Waals surface area (Å²) in [5, 5.41) is 2.66. The monoisotopic (exact) mass is 476 g/mol. The van der Waals surface area contributed by atoms with Gasteiger partial charge in [-0.2, -0.15) is 4.31 Å². The summed E-state index contributed by atoms with van der Waals surface area (Å²) in [5.74, 6) is -0.959. The molecule has 0 aliphatic carbocycles. The third-order valence-electron chi connectivity index (χ3n) is 4.96. The van der Waals surface area contributed by atoms with Crippen LogP contribution in [0.15, 0.2) is 59.5 Å². The van der Waals surface area contributed by atoms with E-state index in [1.807, 2.05) is 30.3 Å². The normalized spacial score (nSPS) is 14.8. The lowest BCUT2D eigenvalue weighted by molar-refractivity contribution is 0.0729. The minimum atomic E-state index is -4.06. The molecule has 32 heavy (non-hydrogen) atoms. The van der Waals surface area contributed by atoms with Gasteiger partial charge in [0.2, 0.25) is 10.0 Å². The standard InChI is InChI=1S/C22H21FN2O5S2/c1-29-18-14-19(15-5-3-2-4-6-15)31-21(18)22(26)24-16-7-8-17(23)20(13-16)32(27,28)25-9-11-30-12-10-25/h2-8,13-14H,9-12H2,1H3,(H,24,26). The summed E-state index contributed by atoms with van der Waals surface area (Å²) in [6.45, 7) is 0.790. The van der Waals surface area contributed by atoms with Crippen LogP contribution in [0.2, 0.25) is 0 Å². The molecule has 1 aliphatic heterocycles. The van der Waals surface area contributed by atoms with Gasteiger partial charge in [-0.1, -0.05) is 30.3 Å². The van der Waals surface area contributed by atoms with E-state index in [-0.39, 0.29) is 32.0 Å². The number of thiophene rings is 1. The Morgan fingerprint density at radius 1 is 1.12 bits per heavy atom. The number of morpholine rings is 1. The Morgan fingerprint density at radius 3 is 2.53 bits per heavy atom. The fourth-order valence-electron chi connectivity index (χ4n) is 3.32. The van der Waals surface area contributed by atoms with Crippen LogP contribution in [0.3, 0.4) is 0 Å². The van der Waals surface area contributed by atoms with Gasteiger partial charge in [0, 0.05) is 23.7 Å². The molecule has 2 heterocycles. The van der Waals surface area contributed by atoms with E-state index >= 15 is 0 Å². The van der Waals surface area contributed by atoms with Gasteiger partial charge in [0.1, 0.15) is 21.3 Å². The number of carbonyl (C=O) groups is 1. The van der Waals surface area contributed by atoms with E-state index in [0.29, 0.717) is 10.6 Å². The number of methoxy groups -OCH3 is 1. The molecule has 1 aliphatic rings. The first-order valence-corrected chi connectivity index (χ1v) is 12.1. The predicted molar refractivity (Wildman–Crippen MR) is 120 cm³/mol. The van der Waals surface area contributed by atoms with Crippen LogP contribution in [0.1, 0.15) is 9.67 Å². The van der Waals surface area contributed by atoms with Crippen molar-refractivity contribution in [3.8, 4) is 16.2 Å². The number of rotatable bonds is 6. The Labute approximate surface area is 189 Å². The molecule has 168 valence electrons. The van der Waals surface area contributed by atoms with Crippen molar-refractivity contribution < 1.29 is 27.1 Å². The molecular formula is C22H21FN2O5S2. The maximum Gasteiger partial charge on any atom is 0.269 e. The molecule has 0 saturated carbocycles. The van der Waals surface area contributed by atoms with Crippen molar-refractivity contribution in [3.05, 3.63) is 65.3 Å². The van der Waals surface area contributed by atoms with E-state index in [1.165, 1.54) is 28.8 Å². The zero-order valence-electron chi connectivity index (χ0n) is 17.2. The molecule has 2 aromatic carbocycles. The van der Waals surface area contributed by atoms with Crippen LogP contribution in [-0.2, 0) is 14.8 Å². The lowest BCUT2D eigenvalue weighted by atomic mass is 10.2. The number of amides is 1. The fraction of sp³-hybridized carbons (Fsp3) is 0.227. The lowest BCUT2D eigenvalue weighted by Crippen LogP contribution is -2.40. The van der Waals surface area contributed by atoms with Crippen molar-refractivity contribution in [2.75, 3.05) is 38.7 Å². The topological polar surface area (TPSA) is 84.9 Å². The second-order valence-corrected chi connectivity index (χ2v) is 9.95. The number of ether oxygens (including phenoxy) is 2. The van der Waals surface area contributed by atoms with E-state index in [4.69, 9.17) is 9.47 Å². The summed E-state index contributed by atoms with van der Waals surface area (Å²) in [4.78, 5) is 13.6. The average Bonchev–Trinajstić information content (AvgIpc) is 3.26. The van der Waals surface area contributed by atoms with Gasteiger partial charge in [0.25, 0.3) is 5.91 Å². The second-order valence-electron chi connectivity index (χ2n) is 6.99. The highest BCUT2D eigenvalue weighted by Crippen LogP contribution is 2.36. The number of anilines is 1. The number of hydrogen-bond acceptors (Lipinski definition) is 6. The van der Waals surface area contributed by atoms with Gasteiger partial charge in [-0.3, -0.25) is 4.79 Å². The molecule has 1 saturated heterocycles. The fourth-order valence-corrected chi connectivity index (χ4v) is 5.85. The average molecular weight is 477 g/mol. The Bertz CT molecular complexity index is 1220. The van der Waals surface area contributed by atoms with Crippen LogP contribution in [0.4, 0.5) is 10.1 Å². The first-order valence-electron chi connectivity index (χ1n) is 9.82. The van der Waals surface area contributed by atoms with Crippen LogP contribution in [0, 0.1) is 5.82 Å². The predicted octanol–water partition coefficient (Wildman–Crippen LogP) is 3.84. The first-order chi connectivity index (χ1) is 15.4. The van der Waals surface area contributed by atoms with Crippen LogP contribution < -0.4 is 10.1 Å². The number of nitrogens with zero attached hydrogens (tertiary/aromatic N) is 1. The highest BCUT2D eigenvalue weighted by molar-refractivity contribution is 7.89. The SMILES string of the molecule is COc1cc(-c2ccccc2)sc1C(=O)Nc1ccc(F)c(S(=O)(=O)N2CCOCC2)c1. The molecule has 4 rings (SSSR count). The van der Waals surface area contributed by atoms with E-state index in [2.05, 4.69) is 5.32 Å². The van der Waals surface area contributed by atoms with Gasteiger partial charge in [-0.15, -0.1) is 11.3 Å². The molecule has 1 N–H and O–H groups in total. The second kappa shape index (κ2) is 9.37. The van der Waals surface area contributed by atoms with E-state index in [1.54, 1.807) is 6.07 Å². The van der Waals surface area contributed by atoms with Crippen molar-refractivity contribution in [3.63, 3.8) is 0 Å². The minimum Gasteiger partial charge on any atom is -0.495 e. The van der Waals surface area contributed by atoms with E-state index in [0.717, 1.165) is 22.6 Å². The molecule has 1 amide bonds. The summed E-state index contributed by atoms with van der Waals surface area (Å²) in [6, 6.07) is 14.8. The molecule has 0 atom stereocenters. The van der Waals surface area contributed by atoms with Gasteiger partial charge in [-0.25, -0.2) is 12.8 Å². The summed E-state index contributed by atoms with van der Waals surface area (Å²) >= 11 is 1.25. The van der Waals surface area contributed by atoms with Crippen molar-refractivity contribution in [2.24, 2.45) is 0 Å². The van der Waals surface area contributed by atoms with E-state index < -0.39 is 26.6 Å². The third kappa shape index (κ3) is 4.53. The highest BCUT2D eigenvalue weighted by Gasteiger charge is 2.29. The van der Waals surface area contributed by atoms with Gasteiger partial charge in [0.05, 0.1) is 20.3 Å². The van der Waals surface area contributed by atoms with Gasteiger partial charge in [0.15, 0.2) is 0 Å². The Balaban J connectivity index is 1.60. The zero-order valence-corrected chi connectivity index (χ0v) is 18.8. The van der Waals surface area contributed by atoms with Crippen LogP contribution in [-0.4, -0.2) is 52.0 Å². The number of sulfonamides is 1. The lowest BCUT2D eigenvalue weighted by Gasteiger charge is -2.26. The first kappa shape index (κ1) is 22.4. The molecule has 10 heteroatoms. The number of nitrogens with one attached hydrogen (secondary N) is 1. The van der Waals surface area contributed by atoms with E-state index in [9.17, 15) is 17.6 Å². The van der Waals surface area contributed by atoms with Gasteiger partial charge in [-0.05, 0) is 29.8 Å². The quantitative estimate of drug-likeness (QED) is 0.585. The number of carbonyl (C=O) groups excluding carboxylic acids is 1. The molecule has 0 radical (unpaired) electrons. The number of benzene rings is 2. The zero-order chi connectivity index (χ0) is 22.7. The largest absolute Gasteiger partial charge is 0.495 e. The molecule has 3 aromatic rings. The number of hydrogen-bond donors (Lipinski definition) is 1. The molecular weight excluding hydrogens is 455 g/mol. The maximum atomic E-state index is 14.4.